The van der Waals surface area contributed by atoms with Crippen LogP contribution in [0.2, 0.25) is 0 Å². The summed E-state index contributed by atoms with van der Waals surface area (Å²) in [5, 5.41) is 9.50. The van der Waals surface area contributed by atoms with Crippen molar-refractivity contribution in [1.29, 1.82) is 0 Å². The van der Waals surface area contributed by atoms with Gasteiger partial charge in [0.15, 0.2) is 19.7 Å². The highest BCUT2D eigenvalue weighted by atomic mass is 28.3. The summed E-state index contributed by atoms with van der Waals surface area (Å²) in [5.74, 6) is 1.69. The maximum atomic E-state index is 6.29. The molecule has 4 heterocycles. The molecule has 0 aliphatic carbocycles. The SMILES string of the molecule is c1ccc([Si](c2ccccc2)(c2ccccc2)c2ccc(-c3nc(-c4ccc5c(c4)oc4ccncc45)nc(-n4c5ccccc5c5ccccc54)n3)cc2)cc1. The Labute approximate surface area is 329 Å². The molecule has 7 aromatic carbocycles. The van der Waals surface area contributed by atoms with E-state index in [-0.39, 0.29) is 0 Å². The predicted octanol–water partition coefficient (Wildman–Crippen LogP) is 8.97. The lowest BCUT2D eigenvalue weighted by atomic mass is 10.1. The second-order valence-electron chi connectivity index (χ2n) is 14.3. The Balaban J connectivity index is 1.13. The smallest absolute Gasteiger partial charge is 0.238 e. The highest BCUT2D eigenvalue weighted by Crippen LogP contribution is 2.34. The van der Waals surface area contributed by atoms with E-state index in [1.165, 1.54) is 20.7 Å². The van der Waals surface area contributed by atoms with Gasteiger partial charge in [-0.1, -0.05) is 158 Å². The minimum absolute atomic E-state index is 0.548. The Bertz CT molecular complexity index is 3080. The fourth-order valence-electron chi connectivity index (χ4n) is 8.55. The first-order chi connectivity index (χ1) is 28.3. The lowest BCUT2D eigenvalue weighted by molar-refractivity contribution is 0.668. The van der Waals surface area contributed by atoms with Gasteiger partial charge in [-0.2, -0.15) is 9.97 Å². The zero-order valence-electron chi connectivity index (χ0n) is 30.7. The first-order valence-corrected chi connectivity index (χ1v) is 21.0. The average Bonchev–Trinajstić information content (AvgIpc) is 3.83. The molecule has 4 aromatic heterocycles. The maximum Gasteiger partial charge on any atom is 0.238 e. The topological polar surface area (TPSA) is 69.6 Å². The number of pyridine rings is 1. The Hall–Kier alpha value is -7.48. The fourth-order valence-corrected chi connectivity index (χ4v) is 13.3. The van der Waals surface area contributed by atoms with Crippen LogP contribution in [0.3, 0.4) is 0 Å². The standard InChI is InChI=1S/C50H33N5OSi/c1-4-14-36(15-5-1)57(37-16-6-2-7-17-37,38-18-8-3-9-19-38)39-27-24-34(25-28-39)48-52-49(35-26-29-42-43-33-51-31-30-46(43)56-47(42)32-35)54-50(53-48)55-44-22-12-10-20-40(44)41-21-11-13-23-45(41)55/h1-33H. The monoisotopic (exact) mass is 747 g/mol. The van der Waals surface area contributed by atoms with Crippen molar-refractivity contribution in [2.45, 2.75) is 0 Å². The van der Waals surface area contributed by atoms with Crippen molar-refractivity contribution in [2.24, 2.45) is 0 Å². The Kier molecular flexibility index (Phi) is 7.72. The van der Waals surface area contributed by atoms with Crippen molar-refractivity contribution in [3.05, 3.63) is 200 Å². The number of benzene rings is 7. The van der Waals surface area contributed by atoms with Gasteiger partial charge in [-0.15, -0.1) is 0 Å². The summed E-state index contributed by atoms with van der Waals surface area (Å²) in [7, 11) is -2.72. The Morgan fingerprint density at radius 2 is 0.912 bits per heavy atom. The van der Waals surface area contributed by atoms with Crippen LogP contribution in [0.5, 0.6) is 0 Å². The van der Waals surface area contributed by atoms with Crippen LogP contribution in [0.25, 0.3) is 72.5 Å². The number of aromatic nitrogens is 5. The summed E-state index contributed by atoms with van der Waals surface area (Å²) in [6.07, 6.45) is 3.59. The van der Waals surface area contributed by atoms with Gasteiger partial charge in [0.25, 0.3) is 0 Å². The van der Waals surface area contributed by atoms with Gasteiger partial charge in [-0.05, 0) is 51.1 Å². The third-order valence-corrected chi connectivity index (χ3v) is 15.9. The number of para-hydroxylation sites is 2. The number of furan rings is 1. The van der Waals surface area contributed by atoms with Gasteiger partial charge in [0, 0.05) is 45.1 Å². The fraction of sp³-hybridized carbons (Fsp3) is 0. The van der Waals surface area contributed by atoms with Crippen molar-refractivity contribution in [3.8, 4) is 28.7 Å². The molecule has 11 rings (SSSR count). The van der Waals surface area contributed by atoms with Crippen LogP contribution in [0.1, 0.15) is 0 Å². The molecule has 0 spiro atoms. The molecule has 0 amide bonds. The molecule has 0 bridgehead atoms. The summed E-state index contributed by atoms with van der Waals surface area (Å²) in [4.78, 5) is 20.0. The largest absolute Gasteiger partial charge is 0.456 e. The molecule has 0 aliphatic rings. The van der Waals surface area contributed by atoms with E-state index >= 15 is 0 Å². The minimum atomic E-state index is -2.72. The zero-order valence-corrected chi connectivity index (χ0v) is 31.7. The van der Waals surface area contributed by atoms with E-state index < -0.39 is 8.07 Å². The number of fused-ring (bicyclic) bond motifs is 6. The van der Waals surface area contributed by atoms with E-state index in [9.17, 15) is 0 Å². The van der Waals surface area contributed by atoms with Gasteiger partial charge in [-0.3, -0.25) is 9.55 Å². The summed E-state index contributed by atoms with van der Waals surface area (Å²) < 4.78 is 8.44. The summed E-state index contributed by atoms with van der Waals surface area (Å²) in [6.45, 7) is 0. The lowest BCUT2D eigenvalue weighted by Crippen LogP contribution is -2.74. The highest BCUT2D eigenvalue weighted by Gasteiger charge is 2.41. The quantitative estimate of drug-likeness (QED) is 0.120. The van der Waals surface area contributed by atoms with E-state index in [1.807, 2.05) is 18.3 Å². The van der Waals surface area contributed by atoms with Crippen LogP contribution in [-0.2, 0) is 0 Å². The van der Waals surface area contributed by atoms with E-state index in [4.69, 9.17) is 19.4 Å². The van der Waals surface area contributed by atoms with Crippen molar-refractivity contribution in [1.82, 2.24) is 24.5 Å². The van der Waals surface area contributed by atoms with Crippen molar-refractivity contribution in [3.63, 3.8) is 0 Å². The average molecular weight is 748 g/mol. The molecule has 0 saturated heterocycles. The molecule has 0 N–H and O–H groups in total. The lowest BCUT2D eigenvalue weighted by Gasteiger charge is -2.34. The van der Waals surface area contributed by atoms with Gasteiger partial charge in [0.1, 0.15) is 11.2 Å². The van der Waals surface area contributed by atoms with E-state index in [2.05, 4.69) is 185 Å². The summed E-state index contributed by atoms with van der Waals surface area (Å²) in [6, 6.07) is 66.7. The summed E-state index contributed by atoms with van der Waals surface area (Å²) >= 11 is 0. The van der Waals surface area contributed by atoms with Gasteiger partial charge in [0.2, 0.25) is 5.95 Å². The number of nitrogens with zero attached hydrogens (tertiary/aromatic N) is 5. The third-order valence-electron chi connectivity index (χ3n) is 11.1. The Morgan fingerprint density at radius 1 is 0.404 bits per heavy atom. The number of rotatable bonds is 7. The minimum Gasteiger partial charge on any atom is -0.456 e. The molecule has 6 nitrogen and oxygen atoms in total. The van der Waals surface area contributed by atoms with Gasteiger partial charge in [0.05, 0.1) is 11.0 Å². The molecule has 57 heavy (non-hydrogen) atoms. The third kappa shape index (κ3) is 5.32. The molecule has 7 heteroatoms. The summed E-state index contributed by atoms with van der Waals surface area (Å²) in [5.41, 5.74) is 5.34. The molecule has 0 atom stereocenters. The molecule has 11 aromatic rings. The van der Waals surface area contributed by atoms with E-state index in [0.29, 0.717) is 17.6 Å². The highest BCUT2D eigenvalue weighted by molar-refractivity contribution is 7.19. The van der Waals surface area contributed by atoms with Crippen molar-refractivity contribution >= 4 is 72.6 Å². The molecule has 0 saturated carbocycles. The maximum absolute atomic E-state index is 6.29. The van der Waals surface area contributed by atoms with Gasteiger partial charge < -0.3 is 4.42 Å². The van der Waals surface area contributed by atoms with Crippen molar-refractivity contribution < 1.29 is 4.42 Å². The molecule has 0 unspecified atom stereocenters. The van der Waals surface area contributed by atoms with Crippen LogP contribution in [0.15, 0.2) is 205 Å². The molecular weight excluding hydrogens is 715 g/mol. The second kappa shape index (κ2) is 13.4. The van der Waals surface area contributed by atoms with Crippen LogP contribution >= 0.6 is 0 Å². The van der Waals surface area contributed by atoms with E-state index in [1.54, 1.807) is 6.20 Å². The normalized spacial score (nSPS) is 11.9. The van der Waals surface area contributed by atoms with Crippen molar-refractivity contribution in [2.75, 3.05) is 0 Å². The van der Waals surface area contributed by atoms with Crippen LogP contribution in [0, 0.1) is 0 Å². The van der Waals surface area contributed by atoms with Crippen LogP contribution in [0.4, 0.5) is 0 Å². The first-order valence-electron chi connectivity index (χ1n) is 19.0. The predicted molar refractivity (Wildman–Crippen MR) is 234 cm³/mol. The first kappa shape index (κ1) is 32.9. The molecule has 0 fully saturated rings. The van der Waals surface area contributed by atoms with Gasteiger partial charge in [-0.25, -0.2) is 4.98 Å². The number of hydrogen-bond donors (Lipinski definition) is 0. The molecule has 268 valence electrons. The second-order valence-corrected chi connectivity index (χ2v) is 18.1. The Morgan fingerprint density at radius 3 is 1.51 bits per heavy atom. The number of hydrogen-bond acceptors (Lipinski definition) is 5. The van der Waals surface area contributed by atoms with Crippen LogP contribution in [-0.4, -0.2) is 32.6 Å². The van der Waals surface area contributed by atoms with Crippen LogP contribution < -0.4 is 20.7 Å². The zero-order chi connectivity index (χ0) is 37.8. The molecular formula is C50H33N5OSi. The molecule has 0 radical (unpaired) electrons. The van der Waals surface area contributed by atoms with Gasteiger partial charge >= 0.3 is 0 Å². The van der Waals surface area contributed by atoms with E-state index in [0.717, 1.165) is 54.9 Å². The molecule has 0 aliphatic heterocycles.